The minimum absolute atomic E-state index is 0.0515. The summed E-state index contributed by atoms with van der Waals surface area (Å²) in [6.07, 6.45) is 4.46. The lowest BCUT2D eigenvalue weighted by atomic mass is 9.81. The summed E-state index contributed by atoms with van der Waals surface area (Å²) in [7, 11) is 2.13. The molecule has 23 heavy (non-hydrogen) atoms. The molecule has 2 aromatic rings. The van der Waals surface area contributed by atoms with Crippen LogP contribution in [0.2, 0.25) is 5.02 Å². The molecule has 1 aliphatic rings. The van der Waals surface area contributed by atoms with E-state index in [9.17, 15) is 0 Å². The van der Waals surface area contributed by atoms with Crippen LogP contribution in [-0.4, -0.2) is 17.3 Å². The van der Waals surface area contributed by atoms with Gasteiger partial charge in [0.2, 0.25) is 5.69 Å². The van der Waals surface area contributed by atoms with E-state index in [4.69, 9.17) is 11.6 Å². The average molecular weight is 325 g/mol. The average Bonchev–Trinajstić information content (AvgIpc) is 2.66. The SMILES string of the molecule is Cc1ccc(/C=C/C2=[N+](C)c3ccc(Cl)cc3C2(C)C)c(C)c1. The summed E-state index contributed by atoms with van der Waals surface area (Å²) in [5.41, 5.74) is 7.63. The van der Waals surface area contributed by atoms with Crippen LogP contribution in [0.3, 0.4) is 0 Å². The van der Waals surface area contributed by atoms with Crippen molar-refractivity contribution in [3.63, 3.8) is 0 Å². The number of aryl methyl sites for hydroxylation is 2. The number of nitrogens with zero attached hydrogens (tertiary/aromatic N) is 1. The van der Waals surface area contributed by atoms with E-state index < -0.39 is 0 Å². The number of halogens is 1. The van der Waals surface area contributed by atoms with E-state index in [1.165, 1.54) is 33.7 Å². The molecule has 1 aliphatic heterocycles. The molecule has 0 spiro atoms. The van der Waals surface area contributed by atoms with E-state index in [0.29, 0.717) is 0 Å². The first kappa shape index (κ1) is 16.0. The Bertz CT molecular complexity index is 841. The van der Waals surface area contributed by atoms with Crippen molar-refractivity contribution in [2.75, 3.05) is 7.05 Å². The van der Waals surface area contributed by atoms with Gasteiger partial charge in [0.05, 0.1) is 5.41 Å². The third-order valence-electron chi connectivity index (χ3n) is 4.84. The van der Waals surface area contributed by atoms with Gasteiger partial charge < -0.3 is 0 Å². The molecule has 0 bridgehead atoms. The van der Waals surface area contributed by atoms with Gasteiger partial charge in [0, 0.05) is 22.7 Å². The van der Waals surface area contributed by atoms with Crippen molar-refractivity contribution in [2.45, 2.75) is 33.1 Å². The fourth-order valence-electron chi connectivity index (χ4n) is 3.49. The molecule has 0 radical (unpaired) electrons. The molecular weight excluding hydrogens is 302 g/mol. The Morgan fingerprint density at radius 3 is 2.43 bits per heavy atom. The van der Waals surface area contributed by atoms with Crippen LogP contribution >= 0.6 is 11.6 Å². The largest absolute Gasteiger partial charge is 0.209 e. The Morgan fingerprint density at radius 2 is 1.74 bits per heavy atom. The third kappa shape index (κ3) is 2.74. The van der Waals surface area contributed by atoms with E-state index in [1.807, 2.05) is 6.07 Å². The highest BCUT2D eigenvalue weighted by Gasteiger charge is 2.42. The van der Waals surface area contributed by atoms with E-state index in [2.05, 4.69) is 81.8 Å². The summed E-state index contributed by atoms with van der Waals surface area (Å²) in [6, 6.07) is 12.7. The van der Waals surface area contributed by atoms with Crippen molar-refractivity contribution in [3.05, 3.63) is 69.8 Å². The molecule has 3 rings (SSSR count). The Labute approximate surface area is 143 Å². The zero-order valence-electron chi connectivity index (χ0n) is 14.4. The van der Waals surface area contributed by atoms with Gasteiger partial charge in [-0.1, -0.05) is 35.4 Å². The summed E-state index contributed by atoms with van der Waals surface area (Å²) in [5, 5.41) is 0.796. The molecule has 0 atom stereocenters. The van der Waals surface area contributed by atoms with Gasteiger partial charge in [-0.25, -0.2) is 0 Å². The second-order valence-corrected chi connectivity index (χ2v) is 7.36. The highest BCUT2D eigenvalue weighted by molar-refractivity contribution is 6.30. The summed E-state index contributed by atoms with van der Waals surface area (Å²) < 4.78 is 2.27. The van der Waals surface area contributed by atoms with Crippen molar-refractivity contribution in [3.8, 4) is 0 Å². The van der Waals surface area contributed by atoms with Gasteiger partial charge in [0.25, 0.3) is 0 Å². The van der Waals surface area contributed by atoms with Crippen LogP contribution in [0.15, 0.2) is 42.5 Å². The predicted octanol–water partition coefficient (Wildman–Crippen LogP) is 5.68. The first-order chi connectivity index (χ1) is 10.8. The molecule has 0 aromatic heterocycles. The van der Waals surface area contributed by atoms with Crippen LogP contribution in [0.1, 0.15) is 36.1 Å². The fraction of sp³-hybridized carbons (Fsp3) is 0.286. The standard InChI is InChI=1S/C21H23ClN/c1-14-6-7-16(15(2)12-14)8-11-20-21(3,4)18-13-17(22)9-10-19(18)23(20)5/h6-13H,1-5H3/q+1/b11-8+. The zero-order valence-corrected chi connectivity index (χ0v) is 15.2. The first-order valence-electron chi connectivity index (χ1n) is 7.97. The maximum absolute atomic E-state index is 6.21. The molecular formula is C21H23ClN+. The van der Waals surface area contributed by atoms with Gasteiger partial charge >= 0.3 is 0 Å². The fourth-order valence-corrected chi connectivity index (χ4v) is 3.66. The molecule has 0 amide bonds. The lowest BCUT2D eigenvalue weighted by Crippen LogP contribution is -2.26. The quantitative estimate of drug-likeness (QED) is 0.625. The first-order valence-corrected chi connectivity index (χ1v) is 8.35. The molecule has 0 N–H and O–H groups in total. The van der Waals surface area contributed by atoms with Gasteiger partial charge in [-0.15, -0.1) is 0 Å². The summed E-state index contributed by atoms with van der Waals surface area (Å²) in [6.45, 7) is 8.81. The third-order valence-corrected chi connectivity index (χ3v) is 5.08. The highest BCUT2D eigenvalue weighted by Crippen LogP contribution is 2.40. The number of hydrogen-bond donors (Lipinski definition) is 0. The molecule has 1 nitrogen and oxygen atoms in total. The number of hydrogen-bond acceptors (Lipinski definition) is 0. The monoisotopic (exact) mass is 324 g/mol. The summed E-state index contributed by atoms with van der Waals surface area (Å²) >= 11 is 6.21. The molecule has 0 unspecified atom stereocenters. The molecule has 118 valence electrons. The second-order valence-electron chi connectivity index (χ2n) is 6.92. The van der Waals surface area contributed by atoms with Crippen LogP contribution in [0.4, 0.5) is 5.69 Å². The molecule has 0 fully saturated rings. The molecule has 0 aliphatic carbocycles. The lowest BCUT2D eigenvalue weighted by molar-refractivity contribution is -0.401. The molecule has 2 heteroatoms. The smallest absolute Gasteiger partial charge is 0.198 e. The van der Waals surface area contributed by atoms with Gasteiger partial charge in [0.15, 0.2) is 5.71 Å². The number of benzene rings is 2. The van der Waals surface area contributed by atoms with Crippen LogP contribution in [-0.2, 0) is 5.41 Å². The van der Waals surface area contributed by atoms with Crippen LogP contribution < -0.4 is 0 Å². The van der Waals surface area contributed by atoms with Crippen LogP contribution in [0.5, 0.6) is 0 Å². The Hall–Kier alpha value is -1.86. The van der Waals surface area contributed by atoms with E-state index in [0.717, 1.165) is 5.02 Å². The van der Waals surface area contributed by atoms with Crippen molar-refractivity contribution in [2.24, 2.45) is 0 Å². The van der Waals surface area contributed by atoms with Crippen LogP contribution in [0.25, 0.3) is 6.08 Å². The minimum atomic E-state index is -0.0515. The second kappa shape index (κ2) is 5.65. The summed E-state index contributed by atoms with van der Waals surface area (Å²) in [4.78, 5) is 0. The lowest BCUT2D eigenvalue weighted by Gasteiger charge is -2.15. The molecule has 0 saturated heterocycles. The van der Waals surface area contributed by atoms with Crippen molar-refractivity contribution in [1.29, 1.82) is 0 Å². The van der Waals surface area contributed by atoms with Crippen molar-refractivity contribution in [1.82, 2.24) is 0 Å². The van der Waals surface area contributed by atoms with Gasteiger partial charge in [-0.3, -0.25) is 0 Å². The number of fused-ring (bicyclic) bond motifs is 1. The Kier molecular flexibility index (Phi) is 3.93. The highest BCUT2D eigenvalue weighted by atomic mass is 35.5. The Balaban J connectivity index is 2.03. The number of rotatable bonds is 2. The van der Waals surface area contributed by atoms with Crippen molar-refractivity contribution < 1.29 is 4.58 Å². The topological polar surface area (TPSA) is 3.01 Å². The number of allylic oxidation sites excluding steroid dienone is 1. The van der Waals surface area contributed by atoms with Gasteiger partial charge in [-0.2, -0.15) is 4.58 Å². The maximum Gasteiger partial charge on any atom is 0.209 e. The van der Waals surface area contributed by atoms with E-state index in [1.54, 1.807) is 0 Å². The predicted molar refractivity (Wildman–Crippen MR) is 100 cm³/mol. The Morgan fingerprint density at radius 1 is 1.00 bits per heavy atom. The van der Waals surface area contributed by atoms with E-state index in [-0.39, 0.29) is 5.41 Å². The van der Waals surface area contributed by atoms with Crippen molar-refractivity contribution >= 4 is 29.1 Å². The maximum atomic E-state index is 6.21. The molecule has 2 aromatic carbocycles. The minimum Gasteiger partial charge on any atom is -0.198 e. The van der Waals surface area contributed by atoms with Gasteiger partial charge in [-0.05, 0) is 57.0 Å². The normalized spacial score (nSPS) is 16.3. The summed E-state index contributed by atoms with van der Waals surface area (Å²) in [5.74, 6) is 0. The van der Waals surface area contributed by atoms with E-state index >= 15 is 0 Å². The zero-order chi connectivity index (χ0) is 16.8. The van der Waals surface area contributed by atoms with Crippen LogP contribution in [0, 0.1) is 13.8 Å². The molecule has 0 saturated carbocycles. The van der Waals surface area contributed by atoms with Gasteiger partial charge in [0.1, 0.15) is 7.05 Å². The molecule has 1 heterocycles.